The van der Waals surface area contributed by atoms with Crippen LogP contribution in [0.5, 0.6) is 17.2 Å². The minimum absolute atomic E-state index is 0.0658. The van der Waals surface area contributed by atoms with Gasteiger partial charge in [0.2, 0.25) is 4.80 Å². The summed E-state index contributed by atoms with van der Waals surface area (Å²) in [5, 5.41) is 4.21. The number of thiazole rings is 1. The number of pyridine rings is 1. The average molecular weight is 594 g/mol. The fourth-order valence-electron chi connectivity index (χ4n) is 3.48. The van der Waals surface area contributed by atoms with Crippen molar-refractivity contribution < 1.29 is 32.2 Å². The first kappa shape index (κ1) is 28.8. The van der Waals surface area contributed by atoms with Crippen molar-refractivity contribution in [1.29, 1.82) is 0 Å². The molecule has 0 radical (unpaired) electrons. The Morgan fingerprint density at radius 2 is 1.68 bits per heavy atom. The van der Waals surface area contributed by atoms with Gasteiger partial charge in [0.25, 0.3) is 5.91 Å². The first-order valence-electron chi connectivity index (χ1n) is 11.5. The molecule has 9 nitrogen and oxygen atoms in total. The normalized spacial score (nSPS) is 11.7. The van der Waals surface area contributed by atoms with Crippen LogP contribution in [0.15, 0.2) is 65.1 Å². The lowest BCUT2D eigenvalue weighted by Crippen LogP contribution is -2.34. The Kier molecular flexibility index (Phi) is 8.85. The number of carbonyl (C=O) groups is 1. The summed E-state index contributed by atoms with van der Waals surface area (Å²) in [5.41, 5.74) is 3.69. The Balaban J connectivity index is 1.65. The van der Waals surface area contributed by atoms with Crippen molar-refractivity contribution in [3.05, 3.63) is 75.5 Å². The van der Waals surface area contributed by atoms with E-state index in [1.54, 1.807) is 37.4 Å². The number of nitrogens with zero attached hydrogens (tertiary/aromatic N) is 3. The van der Waals surface area contributed by atoms with Crippen LogP contribution in [0.1, 0.15) is 5.56 Å². The largest absolute Gasteiger partial charge is 0.497 e. The molecule has 0 saturated carbocycles. The number of carbonyl (C=O) groups excluding carboxylic acids is 1. The molecule has 4 rings (SSSR count). The molecule has 2 N–H and O–H groups in total. The fourth-order valence-corrected chi connectivity index (χ4v) is 4.58. The van der Waals surface area contributed by atoms with E-state index in [1.807, 2.05) is 17.5 Å². The number of alkyl halides is 3. The molecule has 0 saturated heterocycles. The van der Waals surface area contributed by atoms with Gasteiger partial charge in [-0.15, -0.1) is 11.3 Å². The number of hydrogen-bond acceptors (Lipinski definition) is 8. The molecule has 0 atom stereocenters. The summed E-state index contributed by atoms with van der Waals surface area (Å²) in [7, 11) is 4.61. The number of rotatable bonds is 9. The molecule has 0 aliphatic carbocycles. The van der Waals surface area contributed by atoms with Gasteiger partial charge in [0.1, 0.15) is 23.1 Å². The molecular formula is C26H23ClF3N5O4S. The van der Waals surface area contributed by atoms with Gasteiger partial charge in [0, 0.05) is 35.3 Å². The van der Waals surface area contributed by atoms with Gasteiger partial charge in [-0.1, -0.05) is 11.6 Å². The molecule has 1 amide bonds. The minimum atomic E-state index is -4.59. The zero-order chi connectivity index (χ0) is 28.9. The van der Waals surface area contributed by atoms with E-state index in [-0.39, 0.29) is 17.4 Å². The van der Waals surface area contributed by atoms with Crippen molar-refractivity contribution >= 4 is 40.4 Å². The average Bonchev–Trinajstić information content (AvgIpc) is 3.32. The molecule has 0 unspecified atom stereocenters. The number of methoxy groups -OCH3 is 3. The predicted octanol–water partition coefficient (Wildman–Crippen LogP) is 5.72. The van der Waals surface area contributed by atoms with Crippen LogP contribution in [0, 0.1) is 0 Å². The molecule has 0 aliphatic heterocycles. The minimum Gasteiger partial charge on any atom is -0.497 e. The van der Waals surface area contributed by atoms with Crippen LogP contribution < -0.4 is 29.8 Å². The molecule has 210 valence electrons. The molecule has 4 aromatic rings. The molecule has 0 spiro atoms. The Labute approximate surface area is 235 Å². The Morgan fingerprint density at radius 3 is 2.25 bits per heavy atom. The second-order valence-electron chi connectivity index (χ2n) is 8.09. The molecule has 2 aromatic carbocycles. The highest BCUT2D eigenvalue weighted by molar-refractivity contribution is 7.07. The monoisotopic (exact) mass is 593 g/mol. The van der Waals surface area contributed by atoms with Crippen molar-refractivity contribution in [2.24, 2.45) is 4.99 Å². The maximum atomic E-state index is 13.0. The number of hydrogen-bond donors (Lipinski definition) is 2. The van der Waals surface area contributed by atoms with E-state index in [4.69, 9.17) is 25.8 Å². The summed E-state index contributed by atoms with van der Waals surface area (Å²) in [6, 6.07) is 13.1. The summed E-state index contributed by atoms with van der Waals surface area (Å²) < 4.78 is 56.1. The van der Waals surface area contributed by atoms with Crippen LogP contribution in [0.2, 0.25) is 5.02 Å². The molecule has 0 fully saturated rings. The van der Waals surface area contributed by atoms with Gasteiger partial charge in [0.15, 0.2) is 0 Å². The Bertz CT molecular complexity index is 1550. The lowest BCUT2D eigenvalue weighted by Gasteiger charge is -2.13. The van der Waals surface area contributed by atoms with Crippen molar-refractivity contribution in [3.63, 3.8) is 0 Å². The summed E-state index contributed by atoms with van der Waals surface area (Å²) >= 11 is 7.22. The van der Waals surface area contributed by atoms with Crippen molar-refractivity contribution in [3.8, 4) is 28.5 Å². The molecule has 0 bridgehead atoms. The van der Waals surface area contributed by atoms with Crippen molar-refractivity contribution in [2.45, 2.75) is 6.18 Å². The summed E-state index contributed by atoms with van der Waals surface area (Å²) in [5.74, 6) is 1.13. The Hall–Kier alpha value is -4.23. The van der Waals surface area contributed by atoms with Crippen LogP contribution in [0.25, 0.3) is 11.3 Å². The maximum Gasteiger partial charge on any atom is 0.417 e. The topological polar surface area (TPSA) is 99.0 Å². The van der Waals surface area contributed by atoms with E-state index in [1.165, 1.54) is 30.2 Å². The van der Waals surface area contributed by atoms with Crippen LogP contribution in [0.3, 0.4) is 0 Å². The van der Waals surface area contributed by atoms with Gasteiger partial charge in [-0.3, -0.25) is 10.2 Å². The highest BCUT2D eigenvalue weighted by Gasteiger charge is 2.31. The fraction of sp³-hybridized carbons (Fsp3) is 0.192. The van der Waals surface area contributed by atoms with Crippen LogP contribution >= 0.6 is 22.9 Å². The van der Waals surface area contributed by atoms with Crippen LogP contribution in [0.4, 0.5) is 24.7 Å². The van der Waals surface area contributed by atoms with E-state index >= 15 is 0 Å². The van der Waals surface area contributed by atoms with Gasteiger partial charge in [-0.2, -0.15) is 13.2 Å². The standard InChI is InChI=1S/C26H23ClF3N5O4S/c1-37-18-6-4-15(5-7-18)22-14-40-25(33-17-9-19(38-2)11-20(10-17)39-3)35(22)34-23(36)13-32-24-21(27)8-16(12-31-24)26(28,29)30/h4-12,14H,13H2,1-3H3,(H,31,32)(H,34,36). The highest BCUT2D eigenvalue weighted by atomic mass is 35.5. The SMILES string of the molecule is COc1ccc(-c2csc(=Nc3cc(OC)cc(OC)c3)n2NC(=O)CNc2ncc(C(F)(F)F)cc2Cl)cc1. The second kappa shape index (κ2) is 12.3. The molecule has 40 heavy (non-hydrogen) atoms. The maximum absolute atomic E-state index is 13.0. The summed E-state index contributed by atoms with van der Waals surface area (Å²) in [4.78, 5) is 21.8. The number of aromatic nitrogens is 2. The number of amides is 1. The van der Waals surface area contributed by atoms with Crippen molar-refractivity contribution in [1.82, 2.24) is 9.66 Å². The van der Waals surface area contributed by atoms with Gasteiger partial charge in [-0.05, 0) is 30.3 Å². The Morgan fingerprint density at radius 1 is 1.02 bits per heavy atom. The van der Waals surface area contributed by atoms with E-state index in [0.717, 1.165) is 11.6 Å². The van der Waals surface area contributed by atoms with E-state index < -0.39 is 17.6 Å². The number of benzene rings is 2. The van der Waals surface area contributed by atoms with Crippen molar-refractivity contribution in [2.75, 3.05) is 38.6 Å². The summed E-state index contributed by atoms with van der Waals surface area (Å²) in [6.45, 7) is -0.338. The van der Waals surface area contributed by atoms with Crippen LogP contribution in [-0.2, 0) is 11.0 Å². The van der Waals surface area contributed by atoms with Gasteiger partial charge in [-0.25, -0.2) is 14.7 Å². The third-order valence-electron chi connectivity index (χ3n) is 5.48. The number of halogens is 4. The lowest BCUT2D eigenvalue weighted by molar-refractivity contribution is -0.137. The van der Waals surface area contributed by atoms with Gasteiger partial charge < -0.3 is 19.5 Å². The summed E-state index contributed by atoms with van der Waals surface area (Å²) in [6.07, 6.45) is -3.95. The lowest BCUT2D eigenvalue weighted by atomic mass is 10.2. The van der Waals surface area contributed by atoms with Crippen LogP contribution in [-0.4, -0.2) is 43.4 Å². The molecule has 14 heteroatoms. The quantitative estimate of drug-likeness (QED) is 0.257. The van der Waals surface area contributed by atoms with E-state index in [0.29, 0.717) is 39.6 Å². The molecule has 2 heterocycles. The number of nitrogens with one attached hydrogen (secondary N) is 2. The number of anilines is 1. The van der Waals surface area contributed by atoms with E-state index in [9.17, 15) is 18.0 Å². The first-order chi connectivity index (χ1) is 19.1. The second-order valence-corrected chi connectivity index (χ2v) is 9.33. The molecular weight excluding hydrogens is 571 g/mol. The molecule has 2 aromatic heterocycles. The van der Waals surface area contributed by atoms with E-state index in [2.05, 4.69) is 20.7 Å². The molecule has 0 aliphatic rings. The highest BCUT2D eigenvalue weighted by Crippen LogP contribution is 2.32. The zero-order valence-corrected chi connectivity index (χ0v) is 22.9. The third kappa shape index (κ3) is 6.85. The van der Waals surface area contributed by atoms with Gasteiger partial charge >= 0.3 is 6.18 Å². The predicted molar refractivity (Wildman–Crippen MR) is 146 cm³/mol. The third-order valence-corrected chi connectivity index (χ3v) is 6.59. The smallest absolute Gasteiger partial charge is 0.417 e. The zero-order valence-electron chi connectivity index (χ0n) is 21.4. The first-order valence-corrected chi connectivity index (χ1v) is 12.8. The van der Waals surface area contributed by atoms with Gasteiger partial charge in [0.05, 0.1) is 49.8 Å². The number of ether oxygens (including phenoxy) is 3.